The first-order valence-electron chi connectivity index (χ1n) is 7.05. The van der Waals surface area contributed by atoms with E-state index in [1.807, 2.05) is 17.8 Å². The van der Waals surface area contributed by atoms with Gasteiger partial charge in [0.2, 0.25) is 0 Å². The Bertz CT molecular complexity index is 621. The van der Waals surface area contributed by atoms with Gasteiger partial charge in [-0.25, -0.2) is 0 Å². The molecular formula is C18H19ClS. The second-order valence-corrected chi connectivity index (χ2v) is 7.10. The Balaban J connectivity index is 2.05. The minimum Gasteiger partial charge on any atom is -0.162 e. The molecule has 104 valence electrons. The second kappa shape index (κ2) is 5.83. The third-order valence-electron chi connectivity index (χ3n) is 4.29. The van der Waals surface area contributed by atoms with Crippen molar-refractivity contribution in [1.29, 1.82) is 0 Å². The van der Waals surface area contributed by atoms with Crippen LogP contribution in [0.15, 0.2) is 42.5 Å². The van der Waals surface area contributed by atoms with Crippen molar-refractivity contribution < 1.29 is 0 Å². The van der Waals surface area contributed by atoms with Gasteiger partial charge < -0.3 is 0 Å². The predicted octanol–water partition coefficient (Wildman–Crippen LogP) is 5.46. The van der Waals surface area contributed by atoms with Crippen molar-refractivity contribution in [2.24, 2.45) is 0 Å². The Kier molecular flexibility index (Phi) is 4.09. The lowest BCUT2D eigenvalue weighted by Crippen LogP contribution is -2.21. The van der Waals surface area contributed by atoms with Crippen molar-refractivity contribution in [3.63, 3.8) is 0 Å². The minimum atomic E-state index is 0.508. The lowest BCUT2D eigenvalue weighted by molar-refractivity contribution is 0.630. The molecule has 1 aliphatic carbocycles. The third-order valence-corrected chi connectivity index (χ3v) is 5.74. The highest BCUT2D eigenvalue weighted by molar-refractivity contribution is 7.99. The molecule has 2 aromatic rings. The predicted molar refractivity (Wildman–Crippen MR) is 90.1 cm³/mol. The smallest absolute Gasteiger partial charge is 0.0435 e. The second-order valence-electron chi connectivity index (χ2n) is 5.56. The molecule has 0 nitrogen and oxygen atoms in total. The third kappa shape index (κ3) is 2.62. The van der Waals surface area contributed by atoms with Crippen LogP contribution in [0.4, 0.5) is 0 Å². The lowest BCUT2D eigenvalue weighted by Gasteiger charge is -2.31. The largest absolute Gasteiger partial charge is 0.162 e. The summed E-state index contributed by atoms with van der Waals surface area (Å²) in [6.45, 7) is 2.09. The van der Waals surface area contributed by atoms with Crippen LogP contribution in [0.2, 0.25) is 5.02 Å². The van der Waals surface area contributed by atoms with E-state index in [-0.39, 0.29) is 0 Å². The van der Waals surface area contributed by atoms with Crippen LogP contribution in [-0.2, 0) is 6.42 Å². The van der Waals surface area contributed by atoms with E-state index in [1.54, 1.807) is 0 Å². The molecule has 0 aromatic heterocycles. The standard InChI is InChI=1S/C18H19ClS/c1-12-9-14(7-8-18(12)19)17-11-15(20-2)10-13-5-3-4-6-16(13)17/h3-9,15,17H,10-11H2,1-2H3/t15-,17+/m1/s1. The number of thioether (sulfide) groups is 1. The molecule has 0 spiro atoms. The molecule has 0 aliphatic heterocycles. The molecule has 20 heavy (non-hydrogen) atoms. The minimum absolute atomic E-state index is 0.508. The molecule has 0 fully saturated rings. The Hall–Kier alpha value is -0.920. The van der Waals surface area contributed by atoms with Crippen LogP contribution in [0.1, 0.15) is 34.6 Å². The Morgan fingerprint density at radius 2 is 1.95 bits per heavy atom. The Morgan fingerprint density at radius 3 is 2.70 bits per heavy atom. The van der Waals surface area contributed by atoms with Crippen LogP contribution in [0.5, 0.6) is 0 Å². The van der Waals surface area contributed by atoms with Gasteiger partial charge in [-0.3, -0.25) is 0 Å². The highest BCUT2D eigenvalue weighted by atomic mass is 35.5. The first kappa shape index (κ1) is 14.0. The topological polar surface area (TPSA) is 0 Å². The van der Waals surface area contributed by atoms with Gasteiger partial charge in [-0.05, 0) is 54.3 Å². The van der Waals surface area contributed by atoms with E-state index >= 15 is 0 Å². The van der Waals surface area contributed by atoms with E-state index in [4.69, 9.17) is 11.6 Å². The molecule has 3 rings (SSSR count). The van der Waals surface area contributed by atoms with Crippen LogP contribution in [0.25, 0.3) is 0 Å². The summed E-state index contributed by atoms with van der Waals surface area (Å²) >= 11 is 8.16. The number of fused-ring (bicyclic) bond motifs is 1. The van der Waals surface area contributed by atoms with Gasteiger partial charge in [-0.2, -0.15) is 11.8 Å². The van der Waals surface area contributed by atoms with Gasteiger partial charge in [-0.15, -0.1) is 0 Å². The van der Waals surface area contributed by atoms with Crippen LogP contribution in [-0.4, -0.2) is 11.5 Å². The van der Waals surface area contributed by atoms with E-state index in [1.165, 1.54) is 35.1 Å². The number of rotatable bonds is 2. The summed E-state index contributed by atoms with van der Waals surface area (Å²) in [6.07, 6.45) is 4.64. The molecule has 0 saturated carbocycles. The fraction of sp³-hybridized carbons (Fsp3) is 0.333. The number of hydrogen-bond donors (Lipinski definition) is 0. The molecule has 0 amide bonds. The zero-order chi connectivity index (χ0) is 14.1. The molecule has 2 heteroatoms. The normalized spacial score (nSPS) is 21.6. The summed E-state index contributed by atoms with van der Waals surface area (Å²) in [5.41, 5.74) is 5.58. The highest BCUT2D eigenvalue weighted by Gasteiger charge is 2.27. The van der Waals surface area contributed by atoms with E-state index in [0.29, 0.717) is 11.2 Å². The van der Waals surface area contributed by atoms with Gasteiger partial charge in [0, 0.05) is 16.2 Å². The van der Waals surface area contributed by atoms with E-state index in [0.717, 1.165) is 5.02 Å². The van der Waals surface area contributed by atoms with Crippen molar-refractivity contribution >= 4 is 23.4 Å². The summed E-state index contributed by atoms with van der Waals surface area (Å²) < 4.78 is 0. The molecule has 1 aliphatic rings. The monoisotopic (exact) mass is 302 g/mol. The number of benzene rings is 2. The molecule has 0 bridgehead atoms. The van der Waals surface area contributed by atoms with Crippen LogP contribution >= 0.6 is 23.4 Å². The van der Waals surface area contributed by atoms with E-state index < -0.39 is 0 Å². The van der Waals surface area contributed by atoms with Crippen LogP contribution < -0.4 is 0 Å². The molecule has 0 N–H and O–H groups in total. The number of aryl methyl sites for hydroxylation is 1. The number of halogens is 1. The average Bonchev–Trinajstić information content (AvgIpc) is 2.49. The van der Waals surface area contributed by atoms with Gasteiger partial charge in [0.15, 0.2) is 0 Å². The van der Waals surface area contributed by atoms with Gasteiger partial charge in [0.05, 0.1) is 0 Å². The molecule has 0 unspecified atom stereocenters. The van der Waals surface area contributed by atoms with Crippen LogP contribution in [0.3, 0.4) is 0 Å². The van der Waals surface area contributed by atoms with Crippen LogP contribution in [0, 0.1) is 6.92 Å². The summed E-state index contributed by atoms with van der Waals surface area (Å²) in [4.78, 5) is 0. The average molecular weight is 303 g/mol. The van der Waals surface area contributed by atoms with Crippen molar-refractivity contribution in [3.05, 3.63) is 69.7 Å². The van der Waals surface area contributed by atoms with Gasteiger partial charge >= 0.3 is 0 Å². The molecule has 0 heterocycles. The van der Waals surface area contributed by atoms with Crippen molar-refractivity contribution in [2.75, 3.05) is 6.26 Å². The molecule has 0 saturated heterocycles. The quantitative estimate of drug-likeness (QED) is 0.710. The molecular weight excluding hydrogens is 284 g/mol. The van der Waals surface area contributed by atoms with Gasteiger partial charge in [0.1, 0.15) is 0 Å². The van der Waals surface area contributed by atoms with Gasteiger partial charge in [-0.1, -0.05) is 48.0 Å². The maximum atomic E-state index is 6.17. The maximum Gasteiger partial charge on any atom is 0.0435 e. The molecule has 0 radical (unpaired) electrons. The summed E-state index contributed by atoms with van der Waals surface area (Å²) in [6, 6.07) is 15.4. The summed E-state index contributed by atoms with van der Waals surface area (Å²) in [5, 5.41) is 1.57. The van der Waals surface area contributed by atoms with E-state index in [9.17, 15) is 0 Å². The fourth-order valence-electron chi connectivity index (χ4n) is 3.16. The van der Waals surface area contributed by atoms with Gasteiger partial charge in [0.25, 0.3) is 0 Å². The summed E-state index contributed by atoms with van der Waals surface area (Å²) in [5.74, 6) is 0.508. The Morgan fingerprint density at radius 1 is 1.15 bits per heavy atom. The van der Waals surface area contributed by atoms with Crippen molar-refractivity contribution in [2.45, 2.75) is 30.9 Å². The first-order chi connectivity index (χ1) is 9.69. The fourth-order valence-corrected chi connectivity index (χ4v) is 4.01. The Labute approximate surface area is 130 Å². The van der Waals surface area contributed by atoms with Crippen molar-refractivity contribution in [3.8, 4) is 0 Å². The number of hydrogen-bond acceptors (Lipinski definition) is 1. The first-order valence-corrected chi connectivity index (χ1v) is 8.72. The maximum absolute atomic E-state index is 6.17. The zero-order valence-corrected chi connectivity index (χ0v) is 13.5. The summed E-state index contributed by atoms with van der Waals surface area (Å²) in [7, 11) is 0. The lowest BCUT2D eigenvalue weighted by atomic mass is 9.78. The van der Waals surface area contributed by atoms with E-state index in [2.05, 4.69) is 49.6 Å². The molecule has 2 atom stereocenters. The zero-order valence-electron chi connectivity index (χ0n) is 11.9. The van der Waals surface area contributed by atoms with Crippen molar-refractivity contribution in [1.82, 2.24) is 0 Å². The highest BCUT2D eigenvalue weighted by Crippen LogP contribution is 2.40. The SMILES string of the molecule is CS[C@@H]1Cc2ccccc2[C@H](c2ccc(Cl)c(C)c2)C1. The molecule has 2 aromatic carbocycles.